The van der Waals surface area contributed by atoms with Crippen LogP contribution in [0.4, 0.5) is 11.4 Å². The van der Waals surface area contributed by atoms with E-state index in [0.717, 1.165) is 54.1 Å². The van der Waals surface area contributed by atoms with Crippen molar-refractivity contribution < 1.29 is 24.1 Å². The smallest absolute Gasteiger partial charge is 0.251 e. The van der Waals surface area contributed by atoms with Gasteiger partial charge < -0.3 is 30.0 Å². The Bertz CT molecular complexity index is 1720. The minimum atomic E-state index is -1.21. The number of rotatable bonds is 14. The average molecular weight is 670 g/mol. The molecule has 3 aromatic carbocycles. The van der Waals surface area contributed by atoms with E-state index in [4.69, 9.17) is 21.1 Å². The number of carbonyl (C=O) groups is 1. The van der Waals surface area contributed by atoms with Gasteiger partial charge in [-0.3, -0.25) is 4.79 Å². The number of hydrogen-bond acceptors (Lipinski definition) is 6. The highest BCUT2D eigenvalue weighted by atomic mass is 35.5. The van der Waals surface area contributed by atoms with Crippen LogP contribution in [-0.2, 0) is 9.53 Å². The molecule has 0 bridgehead atoms. The average Bonchev–Trinajstić information content (AvgIpc) is 3.25. The van der Waals surface area contributed by atoms with E-state index in [1.54, 1.807) is 36.4 Å². The van der Waals surface area contributed by atoms with Gasteiger partial charge in [-0.25, -0.2) is 0 Å². The quantitative estimate of drug-likeness (QED) is 0.0808. The summed E-state index contributed by atoms with van der Waals surface area (Å²) in [6.45, 7) is 9.94. The number of aliphatic hydroxyl groups excluding tert-OH is 1. The van der Waals surface area contributed by atoms with Crippen LogP contribution in [0.15, 0.2) is 90.6 Å². The second-order valence-electron chi connectivity index (χ2n) is 12.4. The molecule has 0 saturated heterocycles. The predicted molar refractivity (Wildman–Crippen MR) is 192 cm³/mol. The van der Waals surface area contributed by atoms with E-state index in [9.17, 15) is 15.1 Å². The number of benzene rings is 3. The van der Waals surface area contributed by atoms with E-state index < -0.39 is 6.10 Å². The molecule has 2 N–H and O–H groups in total. The van der Waals surface area contributed by atoms with Gasteiger partial charge in [-0.05, 0) is 84.0 Å². The fourth-order valence-corrected chi connectivity index (χ4v) is 6.03. The zero-order valence-corrected chi connectivity index (χ0v) is 28.6. The highest BCUT2D eigenvalue weighted by Gasteiger charge is 2.23. The molecule has 9 heteroatoms. The molecule has 8 nitrogen and oxygen atoms in total. The van der Waals surface area contributed by atoms with Crippen LogP contribution in [-0.4, -0.2) is 43.9 Å². The van der Waals surface area contributed by atoms with Crippen molar-refractivity contribution in [3.8, 4) is 16.9 Å². The van der Waals surface area contributed by atoms with Crippen molar-refractivity contribution in [3.63, 3.8) is 0 Å². The van der Waals surface area contributed by atoms with Gasteiger partial charge in [0.2, 0.25) is 5.69 Å². The molecule has 0 radical (unpaired) electrons. The fourth-order valence-electron chi connectivity index (χ4n) is 5.74. The van der Waals surface area contributed by atoms with Gasteiger partial charge in [0.15, 0.2) is 12.3 Å². The molecule has 4 aromatic rings. The van der Waals surface area contributed by atoms with Gasteiger partial charge in [0.25, 0.3) is 5.91 Å². The molecular formula is C39H44ClN3O5. The molecule has 0 saturated carbocycles. The number of aromatic nitrogens is 1. The van der Waals surface area contributed by atoms with Gasteiger partial charge in [0, 0.05) is 59.4 Å². The third-order valence-electron chi connectivity index (χ3n) is 8.24. The second-order valence-corrected chi connectivity index (χ2v) is 12.8. The monoisotopic (exact) mass is 669 g/mol. The van der Waals surface area contributed by atoms with E-state index in [0.29, 0.717) is 53.7 Å². The third kappa shape index (κ3) is 8.95. The maximum atomic E-state index is 13.6. The molecule has 2 heterocycles. The number of hydrogen-bond donors (Lipinski definition) is 2. The minimum absolute atomic E-state index is 0.163. The molecule has 252 valence electrons. The van der Waals surface area contributed by atoms with Gasteiger partial charge in [0.05, 0.1) is 6.61 Å². The Balaban J connectivity index is 1.33. The largest absolute Gasteiger partial charge is 0.618 e. The number of nitrogens with one attached hydrogen (secondary N) is 1. The van der Waals surface area contributed by atoms with E-state index in [1.165, 1.54) is 6.20 Å². The van der Waals surface area contributed by atoms with E-state index >= 15 is 0 Å². The summed E-state index contributed by atoms with van der Waals surface area (Å²) in [5, 5.41) is 26.2. The highest BCUT2D eigenvalue weighted by molar-refractivity contribution is 6.31. The lowest BCUT2D eigenvalue weighted by Gasteiger charge is -2.27. The normalized spacial score (nSPS) is 13.5. The first-order valence-electron chi connectivity index (χ1n) is 16.6. The van der Waals surface area contributed by atoms with Crippen molar-refractivity contribution in [1.29, 1.82) is 0 Å². The van der Waals surface area contributed by atoms with Crippen molar-refractivity contribution in [1.82, 2.24) is 0 Å². The molecule has 1 aromatic heterocycles. The molecule has 1 atom stereocenters. The van der Waals surface area contributed by atoms with Gasteiger partial charge >= 0.3 is 0 Å². The first-order valence-corrected chi connectivity index (χ1v) is 17.0. The Morgan fingerprint density at radius 2 is 1.81 bits per heavy atom. The summed E-state index contributed by atoms with van der Waals surface area (Å²) in [6, 6.07) is 24.2. The summed E-state index contributed by atoms with van der Waals surface area (Å²) in [6.07, 6.45) is 4.83. The first-order chi connectivity index (χ1) is 23.2. The number of anilines is 2. The Morgan fingerprint density at radius 1 is 1.02 bits per heavy atom. The van der Waals surface area contributed by atoms with Crippen LogP contribution in [0.3, 0.4) is 0 Å². The van der Waals surface area contributed by atoms with Crippen LogP contribution in [0, 0.1) is 11.1 Å². The maximum Gasteiger partial charge on any atom is 0.251 e. The summed E-state index contributed by atoms with van der Waals surface area (Å²) < 4.78 is 12.1. The number of ether oxygens (including phenoxy) is 2. The Kier molecular flexibility index (Phi) is 12.1. The van der Waals surface area contributed by atoms with Crippen molar-refractivity contribution >= 4 is 35.0 Å². The number of pyridine rings is 1. The van der Waals surface area contributed by atoms with Gasteiger partial charge in [-0.2, -0.15) is 4.73 Å². The summed E-state index contributed by atoms with van der Waals surface area (Å²) in [7, 11) is 0. The number of carbonyl (C=O) groups excluding carboxylic acids is 1. The standard InChI is InChI=1S/C39H44ClN3O5/c1-4-5-20-47-21-22-48-33-13-9-28(10-14-33)29-11-16-36-31(23-29)24-30(17-19-42(36)26-27(2)3)39(45)41-32-12-15-34(35(40)25-32)38(44)37-8-6-7-18-43(37)46/h6-16,18,23-25,27,38,44H,4-5,17,19-22,26H2,1-3H3,(H,41,45). The molecule has 1 amide bonds. The van der Waals surface area contributed by atoms with Crippen molar-refractivity contribution in [2.45, 2.75) is 46.1 Å². The number of nitrogens with zero attached hydrogens (tertiary/aromatic N) is 2. The molecule has 0 fully saturated rings. The van der Waals surface area contributed by atoms with Crippen LogP contribution in [0.25, 0.3) is 17.2 Å². The zero-order chi connectivity index (χ0) is 34.0. The summed E-state index contributed by atoms with van der Waals surface area (Å²) >= 11 is 6.53. The zero-order valence-electron chi connectivity index (χ0n) is 27.8. The number of aliphatic hydroxyl groups is 1. The lowest BCUT2D eigenvalue weighted by Crippen LogP contribution is -2.33. The van der Waals surface area contributed by atoms with E-state index in [-0.39, 0.29) is 16.6 Å². The van der Waals surface area contributed by atoms with E-state index in [1.807, 2.05) is 30.3 Å². The van der Waals surface area contributed by atoms with Crippen LogP contribution < -0.4 is 19.7 Å². The lowest BCUT2D eigenvalue weighted by atomic mass is 10.00. The molecule has 1 aliphatic rings. The van der Waals surface area contributed by atoms with Crippen molar-refractivity contribution in [3.05, 3.63) is 118 Å². The third-order valence-corrected chi connectivity index (χ3v) is 8.57. The number of fused-ring (bicyclic) bond motifs is 1. The van der Waals surface area contributed by atoms with Gasteiger partial charge in [-0.15, -0.1) is 0 Å². The van der Waals surface area contributed by atoms with Crippen molar-refractivity contribution in [2.75, 3.05) is 43.1 Å². The molecule has 1 aliphatic heterocycles. The fraction of sp³-hybridized carbons (Fsp3) is 0.333. The SMILES string of the molecule is CCCCOCCOc1ccc(-c2ccc3c(c2)C=C(C(=O)Nc2ccc(C(O)c4cccc[n+]4[O-])c(Cl)c2)CCN3CC(C)C)cc1. The predicted octanol–water partition coefficient (Wildman–Crippen LogP) is 7.81. The van der Waals surface area contributed by atoms with Gasteiger partial charge in [-0.1, -0.05) is 63.1 Å². The molecule has 1 unspecified atom stereocenters. The van der Waals surface area contributed by atoms with Gasteiger partial charge in [0.1, 0.15) is 12.4 Å². The Hall–Kier alpha value is -4.37. The summed E-state index contributed by atoms with van der Waals surface area (Å²) in [4.78, 5) is 16.0. The van der Waals surface area contributed by atoms with Crippen molar-refractivity contribution in [2.24, 2.45) is 5.92 Å². The van der Waals surface area contributed by atoms with Crippen LogP contribution in [0.2, 0.25) is 5.02 Å². The summed E-state index contributed by atoms with van der Waals surface area (Å²) in [5.41, 5.74) is 5.86. The van der Waals surface area contributed by atoms with Crippen LogP contribution in [0.5, 0.6) is 5.75 Å². The molecular weight excluding hydrogens is 626 g/mol. The van der Waals surface area contributed by atoms with E-state index in [2.05, 4.69) is 49.2 Å². The molecule has 5 rings (SSSR count). The van der Waals surface area contributed by atoms with Crippen LogP contribution in [0.1, 0.15) is 63.0 Å². The maximum absolute atomic E-state index is 13.6. The van der Waals surface area contributed by atoms with Crippen LogP contribution >= 0.6 is 11.6 Å². The number of unbranched alkanes of at least 4 members (excludes halogenated alkanes) is 1. The Labute approximate surface area is 288 Å². The number of halogens is 1. The Morgan fingerprint density at radius 3 is 2.54 bits per heavy atom. The molecule has 48 heavy (non-hydrogen) atoms. The topological polar surface area (TPSA) is 98.0 Å². The minimum Gasteiger partial charge on any atom is -0.618 e. The second kappa shape index (κ2) is 16.6. The highest BCUT2D eigenvalue weighted by Crippen LogP contribution is 2.34. The molecule has 0 spiro atoms. The summed E-state index contributed by atoms with van der Waals surface area (Å²) in [5.74, 6) is 1.02. The first kappa shape index (κ1) is 35.0. The molecule has 0 aliphatic carbocycles. The number of amides is 1. The lowest BCUT2D eigenvalue weighted by molar-refractivity contribution is -0.617.